The van der Waals surface area contributed by atoms with Crippen LogP contribution in [-0.4, -0.2) is 38.7 Å². The molecule has 6 nitrogen and oxygen atoms in total. The number of carbonyl (C=O) groups is 2. The van der Waals surface area contributed by atoms with Crippen LogP contribution >= 0.6 is 7.60 Å². The van der Waals surface area contributed by atoms with Gasteiger partial charge in [0.15, 0.2) is 5.78 Å². The highest BCUT2D eigenvalue weighted by Crippen LogP contribution is 2.52. The molecule has 0 aromatic heterocycles. The van der Waals surface area contributed by atoms with E-state index in [2.05, 4.69) is 13.8 Å². The van der Waals surface area contributed by atoms with Crippen molar-refractivity contribution in [2.24, 2.45) is 0 Å². The first kappa shape index (κ1) is 13.3. The molecule has 0 spiro atoms. The number of Topliss-reactive ketones (excluding diaryl/α,β-unsaturated/α-hetero) is 1. The molecule has 1 atom stereocenters. The summed E-state index contributed by atoms with van der Waals surface area (Å²) in [4.78, 5) is 22.2. The topological polar surface area (TPSA) is 78.9 Å². The number of rotatable bonds is 5. The van der Waals surface area contributed by atoms with Gasteiger partial charge in [-0.15, -0.1) is 0 Å². The van der Waals surface area contributed by atoms with Gasteiger partial charge in [0.05, 0.1) is 7.11 Å². The molecular weight excluding hydrogens is 211 g/mol. The van der Waals surface area contributed by atoms with Crippen molar-refractivity contribution < 1.29 is 27.9 Å². The standard InChI is InChI=1S/C7H13O6P/c1-5(8)6(7(9)11-2)14(10,12-3)13-4/h6H,1-4H3. The molecule has 0 fully saturated rings. The fraction of sp³-hybridized carbons (Fsp3) is 0.714. The summed E-state index contributed by atoms with van der Waals surface area (Å²) in [6, 6.07) is 0. The Balaban J connectivity index is 5.09. The van der Waals surface area contributed by atoms with Crippen LogP contribution in [0.1, 0.15) is 6.92 Å². The molecule has 7 heteroatoms. The number of carbonyl (C=O) groups excluding carboxylic acids is 2. The number of esters is 1. The molecule has 14 heavy (non-hydrogen) atoms. The van der Waals surface area contributed by atoms with E-state index < -0.39 is 25.0 Å². The van der Waals surface area contributed by atoms with Crippen LogP contribution in [0.4, 0.5) is 0 Å². The average molecular weight is 224 g/mol. The van der Waals surface area contributed by atoms with E-state index in [-0.39, 0.29) is 0 Å². The molecular formula is C7H13O6P. The van der Waals surface area contributed by atoms with Gasteiger partial charge in [-0.3, -0.25) is 14.2 Å². The fourth-order valence-electron chi connectivity index (χ4n) is 0.915. The zero-order valence-corrected chi connectivity index (χ0v) is 9.37. The van der Waals surface area contributed by atoms with Gasteiger partial charge < -0.3 is 13.8 Å². The molecule has 0 bridgehead atoms. The van der Waals surface area contributed by atoms with Crippen LogP contribution in [0.3, 0.4) is 0 Å². The average Bonchev–Trinajstić information content (AvgIpc) is 2.16. The van der Waals surface area contributed by atoms with Gasteiger partial charge in [0, 0.05) is 14.2 Å². The third-order valence-electron chi connectivity index (χ3n) is 1.63. The summed E-state index contributed by atoms with van der Waals surface area (Å²) in [6.45, 7) is 1.12. The van der Waals surface area contributed by atoms with Gasteiger partial charge in [-0.2, -0.15) is 0 Å². The van der Waals surface area contributed by atoms with Gasteiger partial charge in [-0.25, -0.2) is 0 Å². The SMILES string of the molecule is COC(=O)C(C(C)=O)P(=O)(OC)OC. The summed E-state index contributed by atoms with van der Waals surface area (Å²) in [5.41, 5.74) is -1.51. The smallest absolute Gasteiger partial charge is 0.351 e. The van der Waals surface area contributed by atoms with Crippen LogP contribution in [0.2, 0.25) is 0 Å². The van der Waals surface area contributed by atoms with Crippen molar-refractivity contribution in [3.05, 3.63) is 0 Å². The van der Waals surface area contributed by atoms with Crippen LogP contribution in [0.15, 0.2) is 0 Å². The van der Waals surface area contributed by atoms with Crippen molar-refractivity contribution in [2.75, 3.05) is 21.3 Å². The summed E-state index contributed by atoms with van der Waals surface area (Å²) in [5, 5.41) is 0. The molecule has 0 saturated carbocycles. The lowest BCUT2D eigenvalue weighted by molar-refractivity contribution is -0.142. The monoisotopic (exact) mass is 224 g/mol. The van der Waals surface area contributed by atoms with E-state index in [4.69, 9.17) is 0 Å². The molecule has 0 saturated heterocycles. The van der Waals surface area contributed by atoms with Crippen LogP contribution < -0.4 is 0 Å². The normalized spacial score (nSPS) is 13.4. The maximum absolute atomic E-state index is 11.7. The Morgan fingerprint density at radius 1 is 1.14 bits per heavy atom. The molecule has 0 aromatic carbocycles. The van der Waals surface area contributed by atoms with E-state index in [1.165, 1.54) is 0 Å². The highest BCUT2D eigenvalue weighted by atomic mass is 31.2. The molecule has 0 aliphatic carbocycles. The van der Waals surface area contributed by atoms with Crippen LogP contribution in [0, 0.1) is 0 Å². The van der Waals surface area contributed by atoms with Gasteiger partial charge in [0.1, 0.15) is 0 Å². The summed E-state index contributed by atoms with van der Waals surface area (Å²) in [5.74, 6) is -1.55. The zero-order valence-electron chi connectivity index (χ0n) is 8.47. The lowest BCUT2D eigenvalue weighted by Gasteiger charge is -2.19. The largest absolute Gasteiger partial charge is 0.468 e. The van der Waals surface area contributed by atoms with Crippen molar-refractivity contribution in [1.82, 2.24) is 0 Å². The lowest BCUT2D eigenvalue weighted by Crippen LogP contribution is -2.30. The first-order valence-electron chi connectivity index (χ1n) is 3.72. The highest BCUT2D eigenvalue weighted by Gasteiger charge is 2.44. The van der Waals surface area contributed by atoms with Gasteiger partial charge in [0.2, 0.25) is 5.66 Å². The fourth-order valence-corrected chi connectivity index (χ4v) is 2.29. The lowest BCUT2D eigenvalue weighted by atomic mass is 10.3. The van der Waals surface area contributed by atoms with Crippen LogP contribution in [-0.2, 0) is 27.9 Å². The van der Waals surface area contributed by atoms with E-state index in [9.17, 15) is 14.2 Å². The molecule has 0 N–H and O–H groups in total. The Bertz CT molecular complexity index is 265. The van der Waals surface area contributed by atoms with Gasteiger partial charge in [-0.05, 0) is 6.92 Å². The molecule has 0 aliphatic heterocycles. The van der Waals surface area contributed by atoms with Crippen molar-refractivity contribution in [3.63, 3.8) is 0 Å². The van der Waals surface area contributed by atoms with Crippen LogP contribution in [0.25, 0.3) is 0 Å². The Kier molecular flexibility index (Phi) is 4.97. The number of ether oxygens (including phenoxy) is 1. The first-order valence-corrected chi connectivity index (χ1v) is 5.33. The maximum Gasteiger partial charge on any atom is 0.351 e. The third kappa shape index (κ3) is 2.64. The molecule has 0 amide bonds. The summed E-state index contributed by atoms with van der Waals surface area (Å²) >= 11 is 0. The molecule has 0 aliphatic rings. The van der Waals surface area contributed by atoms with Gasteiger partial charge >= 0.3 is 13.6 Å². The van der Waals surface area contributed by atoms with E-state index in [1.807, 2.05) is 0 Å². The quantitative estimate of drug-likeness (QED) is 0.386. The van der Waals surface area contributed by atoms with E-state index in [0.29, 0.717) is 0 Å². The molecule has 0 heterocycles. The molecule has 82 valence electrons. The van der Waals surface area contributed by atoms with Crippen molar-refractivity contribution in [3.8, 4) is 0 Å². The van der Waals surface area contributed by atoms with E-state index in [1.54, 1.807) is 0 Å². The predicted molar refractivity (Wildman–Crippen MR) is 48.1 cm³/mol. The van der Waals surface area contributed by atoms with E-state index >= 15 is 0 Å². The molecule has 0 aromatic rings. The Morgan fingerprint density at radius 3 is 1.79 bits per heavy atom. The number of hydrogen-bond donors (Lipinski definition) is 0. The van der Waals surface area contributed by atoms with Crippen molar-refractivity contribution in [2.45, 2.75) is 12.6 Å². The Morgan fingerprint density at radius 2 is 1.57 bits per heavy atom. The van der Waals surface area contributed by atoms with Crippen LogP contribution in [0.5, 0.6) is 0 Å². The number of ketones is 1. The molecule has 0 rings (SSSR count). The van der Waals surface area contributed by atoms with Gasteiger partial charge in [0.25, 0.3) is 0 Å². The number of hydrogen-bond acceptors (Lipinski definition) is 6. The van der Waals surface area contributed by atoms with E-state index in [0.717, 1.165) is 28.3 Å². The minimum Gasteiger partial charge on any atom is -0.468 e. The Labute approximate surface area is 82.1 Å². The van der Waals surface area contributed by atoms with Crippen molar-refractivity contribution in [1.29, 1.82) is 0 Å². The molecule has 0 radical (unpaired) electrons. The zero-order chi connectivity index (χ0) is 11.4. The molecule has 1 unspecified atom stereocenters. The van der Waals surface area contributed by atoms with Gasteiger partial charge in [-0.1, -0.05) is 0 Å². The summed E-state index contributed by atoms with van der Waals surface area (Å²) < 4.78 is 25.1. The predicted octanol–water partition coefficient (Wildman–Crippen LogP) is 0.603. The number of methoxy groups -OCH3 is 1. The second-order valence-corrected chi connectivity index (χ2v) is 4.77. The second kappa shape index (κ2) is 5.24. The second-order valence-electron chi connectivity index (χ2n) is 2.44. The minimum absolute atomic E-state index is 0.621. The van der Waals surface area contributed by atoms with Crippen molar-refractivity contribution >= 4 is 19.3 Å². The maximum atomic E-state index is 11.7. The highest BCUT2D eigenvalue weighted by molar-refractivity contribution is 7.56. The first-order chi connectivity index (χ1) is 6.42. The Hall–Kier alpha value is -0.710. The third-order valence-corrected chi connectivity index (χ3v) is 3.86. The summed E-state index contributed by atoms with van der Waals surface area (Å²) in [6.07, 6.45) is 0. The minimum atomic E-state index is -3.74. The summed E-state index contributed by atoms with van der Waals surface area (Å²) in [7, 11) is -0.452.